The number of hydrogen-bond acceptors (Lipinski definition) is 0. The number of allylic oxidation sites excluding steroid dienone is 4. The second kappa shape index (κ2) is 15.1. The van der Waals surface area contributed by atoms with Crippen LogP contribution in [0.4, 0.5) is 0 Å². The molecule has 286 valence electrons. The molecule has 2 heteroatoms. The molecular formula is C58H44N2. The Balaban J connectivity index is 1.45. The minimum absolute atomic E-state index is 0.111. The monoisotopic (exact) mass is 768 g/mol. The van der Waals surface area contributed by atoms with Crippen molar-refractivity contribution in [2.45, 2.75) is 25.8 Å². The maximum atomic E-state index is 2.65. The van der Waals surface area contributed by atoms with E-state index in [1.54, 1.807) is 0 Å². The van der Waals surface area contributed by atoms with Gasteiger partial charge in [-0.1, -0.05) is 194 Å². The van der Waals surface area contributed by atoms with Crippen LogP contribution in [0.15, 0.2) is 218 Å². The van der Waals surface area contributed by atoms with E-state index in [0.717, 1.165) is 18.7 Å². The topological polar surface area (TPSA) is 9.86 Å². The summed E-state index contributed by atoms with van der Waals surface area (Å²) in [4.78, 5) is 0. The molecule has 0 radical (unpaired) electrons. The van der Waals surface area contributed by atoms with Gasteiger partial charge in [-0.05, 0) is 82.1 Å². The molecule has 2 aromatic heterocycles. The molecule has 2 nitrogen and oxygen atoms in total. The van der Waals surface area contributed by atoms with Gasteiger partial charge in [0.15, 0.2) is 0 Å². The maximum Gasteiger partial charge on any atom is 0.0617 e. The van der Waals surface area contributed by atoms with Crippen molar-refractivity contribution in [3.05, 3.63) is 224 Å². The lowest BCUT2D eigenvalue weighted by molar-refractivity contribution is 0.793. The largest absolute Gasteiger partial charge is 0.341 e. The Bertz CT molecular complexity index is 3220. The van der Waals surface area contributed by atoms with Crippen LogP contribution in [-0.2, 0) is 6.54 Å². The summed E-state index contributed by atoms with van der Waals surface area (Å²) < 4.78 is 5.10. The van der Waals surface area contributed by atoms with Crippen LogP contribution in [0.5, 0.6) is 0 Å². The molecule has 1 aliphatic carbocycles. The highest BCUT2D eigenvalue weighted by Crippen LogP contribution is 2.56. The molecular weight excluding hydrogens is 725 g/mol. The highest BCUT2D eigenvalue weighted by molar-refractivity contribution is 6.23. The predicted molar refractivity (Wildman–Crippen MR) is 255 cm³/mol. The van der Waals surface area contributed by atoms with E-state index in [1.807, 2.05) is 0 Å². The van der Waals surface area contributed by atoms with E-state index in [-0.39, 0.29) is 5.92 Å². The molecule has 1 aliphatic rings. The Kier molecular flexibility index (Phi) is 8.97. The van der Waals surface area contributed by atoms with Crippen molar-refractivity contribution in [3.63, 3.8) is 0 Å². The first kappa shape index (κ1) is 35.7. The van der Waals surface area contributed by atoms with Gasteiger partial charge in [0.1, 0.15) is 0 Å². The maximum absolute atomic E-state index is 2.65. The molecule has 10 aromatic rings. The fraction of sp³-hybridized carbons (Fsp3) is 0.0690. The third-order valence-corrected chi connectivity index (χ3v) is 12.4. The third-order valence-electron chi connectivity index (χ3n) is 12.4. The second-order valence-electron chi connectivity index (χ2n) is 15.8. The third kappa shape index (κ3) is 5.79. The summed E-state index contributed by atoms with van der Waals surface area (Å²) in [6.45, 7) is 3.15. The number of benzene rings is 8. The van der Waals surface area contributed by atoms with Crippen LogP contribution in [0.1, 0.15) is 25.0 Å². The first-order valence-corrected chi connectivity index (χ1v) is 21.2. The summed E-state index contributed by atoms with van der Waals surface area (Å²) in [5.74, 6) is 0.111. The molecule has 11 rings (SSSR count). The Hall–Kier alpha value is -7.42. The van der Waals surface area contributed by atoms with Crippen molar-refractivity contribution in [1.29, 1.82) is 0 Å². The van der Waals surface area contributed by atoms with Crippen LogP contribution in [0.2, 0.25) is 0 Å². The second-order valence-corrected chi connectivity index (χ2v) is 15.8. The van der Waals surface area contributed by atoms with Crippen LogP contribution in [-0.4, -0.2) is 9.13 Å². The van der Waals surface area contributed by atoms with Crippen LogP contribution in [0, 0.1) is 0 Å². The Morgan fingerprint density at radius 1 is 0.450 bits per heavy atom. The van der Waals surface area contributed by atoms with Crippen molar-refractivity contribution in [2.24, 2.45) is 0 Å². The quantitative estimate of drug-likeness (QED) is 0.146. The van der Waals surface area contributed by atoms with Crippen molar-refractivity contribution in [1.82, 2.24) is 9.13 Å². The fourth-order valence-electron chi connectivity index (χ4n) is 9.95. The van der Waals surface area contributed by atoms with Gasteiger partial charge in [0.05, 0.1) is 5.69 Å². The zero-order valence-corrected chi connectivity index (χ0v) is 33.7. The lowest BCUT2D eigenvalue weighted by atomic mass is 9.77. The van der Waals surface area contributed by atoms with Gasteiger partial charge in [0.2, 0.25) is 0 Å². The normalized spacial score (nSPS) is 13.8. The van der Waals surface area contributed by atoms with Crippen LogP contribution in [0.25, 0.3) is 94.0 Å². The van der Waals surface area contributed by atoms with E-state index < -0.39 is 0 Å². The predicted octanol–water partition coefficient (Wildman–Crippen LogP) is 15.7. The summed E-state index contributed by atoms with van der Waals surface area (Å²) >= 11 is 0. The highest BCUT2D eigenvalue weighted by Gasteiger charge is 2.33. The van der Waals surface area contributed by atoms with E-state index in [4.69, 9.17) is 0 Å². The number of aryl methyl sites for hydroxylation is 1. The zero-order valence-electron chi connectivity index (χ0n) is 33.7. The molecule has 0 aliphatic heterocycles. The van der Waals surface area contributed by atoms with E-state index in [2.05, 4.69) is 234 Å². The number of fused-ring (bicyclic) bond motifs is 4. The molecule has 0 fully saturated rings. The molecule has 0 bridgehead atoms. The smallest absolute Gasteiger partial charge is 0.0617 e. The van der Waals surface area contributed by atoms with Crippen LogP contribution in [0.3, 0.4) is 0 Å². The molecule has 2 heterocycles. The molecule has 0 saturated heterocycles. The molecule has 0 amide bonds. The number of rotatable bonds is 8. The minimum Gasteiger partial charge on any atom is -0.341 e. The first-order valence-electron chi connectivity index (χ1n) is 21.2. The molecule has 8 aromatic carbocycles. The van der Waals surface area contributed by atoms with Crippen molar-refractivity contribution < 1.29 is 0 Å². The Morgan fingerprint density at radius 3 is 1.47 bits per heavy atom. The summed E-state index contributed by atoms with van der Waals surface area (Å²) in [7, 11) is 0. The summed E-state index contributed by atoms with van der Waals surface area (Å²) in [6.07, 6.45) is 10.1. The number of aromatic nitrogens is 2. The number of hydrogen-bond donors (Lipinski definition) is 0. The minimum atomic E-state index is 0.111. The standard InChI is InChI=1S/C58H44N2/c1-2-59-49-36-22-21-35-47(49)48-39-46(37-38-50(48)59)60-57(44-31-17-7-18-32-44)55-53(42-27-13-5-14-28-42)51(40-23-9-3-10-24-40)52(41-25-11-4-12-26-41)54(43-29-15-6-16-30-43)56(55)58(60)45-33-19-8-20-34-45/h3-33,35-39,45H,2,34H2,1H3. The number of para-hydroxylation sites is 1. The highest BCUT2D eigenvalue weighted by atomic mass is 15.0. The lowest BCUT2D eigenvalue weighted by Gasteiger charge is -2.25. The first-order chi connectivity index (χ1) is 29.8. The van der Waals surface area contributed by atoms with Crippen molar-refractivity contribution >= 4 is 32.6 Å². The SMILES string of the molecule is CCn1c2ccccc2c2cc(-n3c(-c4ccccc4)c4c(-c5ccccc5)c(-c5ccccc5)c(-c5ccccc5)c(-c5ccccc5)c4c3C3C=CC=CC3)ccc21. The van der Waals surface area contributed by atoms with E-state index in [9.17, 15) is 0 Å². The molecule has 0 N–H and O–H groups in total. The van der Waals surface area contributed by atoms with Gasteiger partial charge in [-0.2, -0.15) is 0 Å². The zero-order chi connectivity index (χ0) is 40.0. The van der Waals surface area contributed by atoms with Gasteiger partial charge in [0.25, 0.3) is 0 Å². The summed E-state index contributed by atoms with van der Waals surface area (Å²) in [5.41, 5.74) is 17.1. The van der Waals surface area contributed by atoms with Gasteiger partial charge in [-0.3, -0.25) is 0 Å². The molecule has 1 unspecified atom stereocenters. The van der Waals surface area contributed by atoms with Gasteiger partial charge >= 0.3 is 0 Å². The Labute approximate surface area is 351 Å². The molecule has 0 spiro atoms. The van der Waals surface area contributed by atoms with Crippen LogP contribution < -0.4 is 0 Å². The average Bonchev–Trinajstić information content (AvgIpc) is 3.85. The summed E-state index contributed by atoms with van der Waals surface area (Å²) in [6, 6.07) is 71.6. The van der Waals surface area contributed by atoms with Crippen molar-refractivity contribution in [3.8, 4) is 61.5 Å². The molecule has 1 atom stereocenters. The molecule has 0 saturated carbocycles. The van der Waals surface area contributed by atoms with Gasteiger partial charge < -0.3 is 9.13 Å². The van der Waals surface area contributed by atoms with E-state index >= 15 is 0 Å². The summed E-state index contributed by atoms with van der Waals surface area (Å²) in [5, 5.41) is 5.11. The fourth-order valence-corrected chi connectivity index (χ4v) is 9.95. The van der Waals surface area contributed by atoms with Gasteiger partial charge in [0, 0.05) is 62.0 Å². The van der Waals surface area contributed by atoms with Gasteiger partial charge in [-0.25, -0.2) is 0 Å². The van der Waals surface area contributed by atoms with E-state index in [0.29, 0.717) is 0 Å². The van der Waals surface area contributed by atoms with Crippen LogP contribution >= 0.6 is 0 Å². The molecule has 60 heavy (non-hydrogen) atoms. The Morgan fingerprint density at radius 2 is 0.933 bits per heavy atom. The average molecular weight is 769 g/mol. The number of nitrogens with zero attached hydrogens (tertiary/aromatic N) is 2. The lowest BCUT2D eigenvalue weighted by Crippen LogP contribution is -2.08. The van der Waals surface area contributed by atoms with Crippen molar-refractivity contribution in [2.75, 3.05) is 0 Å². The van der Waals surface area contributed by atoms with Gasteiger partial charge in [-0.15, -0.1) is 0 Å². The van der Waals surface area contributed by atoms with E-state index in [1.165, 1.54) is 94.0 Å².